The van der Waals surface area contributed by atoms with Gasteiger partial charge in [0.1, 0.15) is 17.3 Å². The molecule has 0 aliphatic heterocycles. The van der Waals surface area contributed by atoms with Crippen molar-refractivity contribution < 1.29 is 18.7 Å². The van der Waals surface area contributed by atoms with Crippen molar-refractivity contribution in [1.82, 2.24) is 14.3 Å². The topological polar surface area (TPSA) is 69.2 Å². The van der Waals surface area contributed by atoms with E-state index in [0.717, 1.165) is 27.7 Å². The first-order chi connectivity index (χ1) is 19.1. The number of benzene rings is 3. The van der Waals surface area contributed by atoms with Crippen LogP contribution >= 0.6 is 11.3 Å². The summed E-state index contributed by atoms with van der Waals surface area (Å²) in [6.45, 7) is 0.847. The van der Waals surface area contributed by atoms with Crippen LogP contribution in [0.4, 0.5) is 0 Å². The van der Waals surface area contributed by atoms with Crippen molar-refractivity contribution in [2.75, 3.05) is 20.8 Å². The van der Waals surface area contributed by atoms with Gasteiger partial charge in [-0.25, -0.2) is 4.98 Å². The SMILES string of the molecule is COc1cc(OC)cc(C(=O)N(CCc2csc3nc(-c4ccc5ccccc5c4)cn23)Cc2ccco2)c1. The molecule has 0 aliphatic carbocycles. The van der Waals surface area contributed by atoms with E-state index in [0.29, 0.717) is 36.6 Å². The Bertz CT molecular complexity index is 1730. The Labute approximate surface area is 229 Å². The first-order valence-electron chi connectivity index (χ1n) is 12.6. The molecule has 7 nitrogen and oxygen atoms in total. The van der Waals surface area contributed by atoms with Gasteiger partial charge < -0.3 is 18.8 Å². The number of rotatable bonds is 9. The standard InChI is InChI=1S/C31H27N3O4S/c1-36-27-15-24(16-28(17-27)37-2)30(35)33(18-26-8-5-13-38-26)12-11-25-20-39-31-32-29(19-34(25)31)23-10-9-21-6-3-4-7-22(21)14-23/h3-10,13-17,19-20H,11-12,18H2,1-2H3. The molecule has 0 unspecified atom stereocenters. The second kappa shape index (κ2) is 10.7. The molecule has 0 radical (unpaired) electrons. The Morgan fingerprint density at radius 1 is 0.974 bits per heavy atom. The van der Waals surface area contributed by atoms with E-state index in [1.165, 1.54) is 10.8 Å². The number of hydrogen-bond donors (Lipinski definition) is 0. The molecule has 0 N–H and O–H groups in total. The Morgan fingerprint density at radius 3 is 2.51 bits per heavy atom. The molecule has 6 rings (SSSR count). The van der Waals surface area contributed by atoms with Crippen LogP contribution in [-0.4, -0.2) is 41.0 Å². The maximum atomic E-state index is 13.7. The lowest BCUT2D eigenvalue weighted by Gasteiger charge is -2.22. The van der Waals surface area contributed by atoms with E-state index in [9.17, 15) is 4.79 Å². The smallest absolute Gasteiger partial charge is 0.254 e. The third kappa shape index (κ3) is 5.11. The summed E-state index contributed by atoms with van der Waals surface area (Å²) in [7, 11) is 3.14. The largest absolute Gasteiger partial charge is 0.497 e. The minimum Gasteiger partial charge on any atom is -0.497 e. The van der Waals surface area contributed by atoms with Crippen molar-refractivity contribution in [2.45, 2.75) is 13.0 Å². The average Bonchev–Trinajstić information content (AvgIpc) is 3.73. The minimum absolute atomic E-state index is 0.127. The normalized spacial score (nSPS) is 11.2. The van der Waals surface area contributed by atoms with E-state index in [1.807, 2.05) is 24.3 Å². The fourth-order valence-corrected chi connectivity index (χ4v) is 5.61. The second-order valence-corrected chi connectivity index (χ2v) is 10.1. The number of hydrogen-bond acceptors (Lipinski definition) is 6. The number of fused-ring (bicyclic) bond motifs is 2. The van der Waals surface area contributed by atoms with Gasteiger partial charge in [0.25, 0.3) is 5.91 Å². The molecular weight excluding hydrogens is 510 g/mol. The minimum atomic E-state index is -0.127. The lowest BCUT2D eigenvalue weighted by molar-refractivity contribution is 0.0732. The molecule has 0 atom stereocenters. The highest BCUT2D eigenvalue weighted by Gasteiger charge is 2.20. The highest BCUT2D eigenvalue weighted by atomic mass is 32.1. The summed E-state index contributed by atoms with van der Waals surface area (Å²) in [5.74, 6) is 1.72. The van der Waals surface area contributed by atoms with Gasteiger partial charge in [-0.1, -0.05) is 36.4 Å². The van der Waals surface area contributed by atoms with Gasteiger partial charge in [0.2, 0.25) is 0 Å². The third-order valence-corrected chi connectivity index (χ3v) is 7.67. The maximum absolute atomic E-state index is 13.7. The van der Waals surface area contributed by atoms with E-state index < -0.39 is 0 Å². The van der Waals surface area contributed by atoms with E-state index in [-0.39, 0.29) is 5.91 Å². The van der Waals surface area contributed by atoms with Crippen LogP contribution in [0.2, 0.25) is 0 Å². The van der Waals surface area contributed by atoms with E-state index >= 15 is 0 Å². The Morgan fingerprint density at radius 2 is 1.77 bits per heavy atom. The predicted octanol–water partition coefficient (Wildman–Crippen LogP) is 6.71. The molecule has 3 aromatic heterocycles. The lowest BCUT2D eigenvalue weighted by atomic mass is 10.1. The predicted molar refractivity (Wildman–Crippen MR) is 153 cm³/mol. The van der Waals surface area contributed by atoms with Crippen LogP contribution in [0.5, 0.6) is 11.5 Å². The Kier molecular flexibility index (Phi) is 6.77. The summed E-state index contributed by atoms with van der Waals surface area (Å²) >= 11 is 1.60. The van der Waals surface area contributed by atoms with Crippen LogP contribution in [0.25, 0.3) is 27.0 Å². The number of aromatic nitrogens is 2. The van der Waals surface area contributed by atoms with Crippen molar-refractivity contribution in [3.63, 3.8) is 0 Å². The number of carbonyl (C=O) groups is 1. The molecule has 3 aromatic carbocycles. The molecule has 8 heteroatoms. The molecule has 0 bridgehead atoms. The fourth-order valence-electron chi connectivity index (χ4n) is 4.70. The van der Waals surface area contributed by atoms with Gasteiger partial charge in [-0.15, -0.1) is 11.3 Å². The number of methoxy groups -OCH3 is 2. The first-order valence-corrected chi connectivity index (χ1v) is 13.5. The van der Waals surface area contributed by atoms with Crippen LogP contribution in [0, 0.1) is 0 Å². The molecule has 6 aromatic rings. The lowest BCUT2D eigenvalue weighted by Crippen LogP contribution is -2.32. The Hall–Kier alpha value is -4.56. The van der Waals surface area contributed by atoms with Gasteiger partial charge >= 0.3 is 0 Å². The van der Waals surface area contributed by atoms with Crippen LogP contribution in [0.3, 0.4) is 0 Å². The molecule has 196 valence electrons. The van der Waals surface area contributed by atoms with Gasteiger partial charge in [-0.3, -0.25) is 9.20 Å². The zero-order valence-corrected chi connectivity index (χ0v) is 22.5. The van der Waals surface area contributed by atoms with Gasteiger partial charge in [0, 0.05) is 47.4 Å². The number of nitrogens with zero attached hydrogens (tertiary/aromatic N) is 3. The Balaban J connectivity index is 1.26. The number of imidazole rings is 1. The van der Waals surface area contributed by atoms with Crippen molar-refractivity contribution in [3.05, 3.63) is 108 Å². The van der Waals surface area contributed by atoms with Crippen molar-refractivity contribution in [1.29, 1.82) is 0 Å². The summed E-state index contributed by atoms with van der Waals surface area (Å²) < 4.78 is 18.5. The molecule has 1 amide bonds. The zero-order valence-electron chi connectivity index (χ0n) is 21.7. The molecule has 39 heavy (non-hydrogen) atoms. The summed E-state index contributed by atoms with van der Waals surface area (Å²) in [6.07, 6.45) is 4.35. The van der Waals surface area contributed by atoms with Crippen LogP contribution in [-0.2, 0) is 13.0 Å². The molecular formula is C31H27N3O4S. The monoisotopic (exact) mass is 537 g/mol. The molecule has 0 saturated carbocycles. The molecule has 3 heterocycles. The highest BCUT2D eigenvalue weighted by Crippen LogP contribution is 2.28. The number of furan rings is 1. The summed E-state index contributed by atoms with van der Waals surface area (Å²) in [5.41, 5.74) is 3.60. The van der Waals surface area contributed by atoms with E-state index in [4.69, 9.17) is 18.9 Å². The van der Waals surface area contributed by atoms with Gasteiger partial charge in [-0.2, -0.15) is 0 Å². The fraction of sp³-hybridized carbons (Fsp3) is 0.161. The van der Waals surface area contributed by atoms with Gasteiger partial charge in [-0.05, 0) is 41.1 Å². The van der Waals surface area contributed by atoms with E-state index in [2.05, 4.69) is 46.3 Å². The second-order valence-electron chi connectivity index (χ2n) is 9.23. The zero-order chi connectivity index (χ0) is 26.8. The van der Waals surface area contributed by atoms with E-state index in [1.54, 1.807) is 54.9 Å². The quantitative estimate of drug-likeness (QED) is 0.205. The van der Waals surface area contributed by atoms with Crippen LogP contribution in [0.15, 0.2) is 95.1 Å². The van der Waals surface area contributed by atoms with Crippen molar-refractivity contribution >= 4 is 33.0 Å². The highest BCUT2D eigenvalue weighted by molar-refractivity contribution is 7.15. The molecule has 0 aliphatic rings. The summed E-state index contributed by atoms with van der Waals surface area (Å²) in [5, 5.41) is 4.50. The van der Waals surface area contributed by atoms with Crippen LogP contribution in [0.1, 0.15) is 21.8 Å². The van der Waals surface area contributed by atoms with Crippen molar-refractivity contribution in [2.24, 2.45) is 0 Å². The summed E-state index contributed by atoms with van der Waals surface area (Å²) in [6, 6.07) is 23.7. The maximum Gasteiger partial charge on any atom is 0.254 e. The number of thiazole rings is 1. The van der Waals surface area contributed by atoms with Gasteiger partial charge in [0.05, 0.1) is 32.7 Å². The average molecular weight is 538 g/mol. The third-order valence-electron chi connectivity index (χ3n) is 6.78. The van der Waals surface area contributed by atoms with Gasteiger partial charge in [0.15, 0.2) is 4.96 Å². The van der Waals surface area contributed by atoms with Crippen molar-refractivity contribution in [3.8, 4) is 22.8 Å². The molecule has 0 spiro atoms. The first kappa shape index (κ1) is 24.8. The molecule has 0 saturated heterocycles. The number of ether oxygens (including phenoxy) is 2. The summed E-state index contributed by atoms with van der Waals surface area (Å²) in [4.78, 5) is 21.3. The molecule has 0 fully saturated rings. The number of amides is 1. The van der Waals surface area contributed by atoms with Crippen LogP contribution < -0.4 is 9.47 Å². The number of carbonyl (C=O) groups excluding carboxylic acids is 1.